The van der Waals surface area contributed by atoms with E-state index in [2.05, 4.69) is 5.32 Å². The van der Waals surface area contributed by atoms with Gasteiger partial charge in [-0.25, -0.2) is 9.18 Å². The van der Waals surface area contributed by atoms with Crippen LogP contribution in [0.1, 0.15) is 37.0 Å². The number of anilines is 1. The molecule has 2 N–H and O–H groups in total. The van der Waals surface area contributed by atoms with Crippen molar-refractivity contribution in [3.63, 3.8) is 0 Å². The summed E-state index contributed by atoms with van der Waals surface area (Å²) < 4.78 is 28.6. The Morgan fingerprint density at radius 1 is 0.879 bits per heavy atom. The van der Waals surface area contributed by atoms with Crippen molar-refractivity contribution in [3.8, 4) is 11.5 Å². The molecule has 9 nitrogen and oxygen atoms in total. The third-order valence-electron chi connectivity index (χ3n) is 4.14. The van der Waals surface area contributed by atoms with E-state index in [1.54, 1.807) is 25.1 Å². The minimum atomic E-state index is -0.846. The van der Waals surface area contributed by atoms with E-state index in [-0.39, 0.29) is 24.2 Å². The van der Waals surface area contributed by atoms with Gasteiger partial charge >= 0.3 is 12.0 Å². The highest BCUT2D eigenvalue weighted by molar-refractivity contribution is 6.02. The van der Waals surface area contributed by atoms with E-state index in [1.807, 2.05) is 12.2 Å². The van der Waals surface area contributed by atoms with Crippen LogP contribution < -0.4 is 20.1 Å². The number of amides is 3. The van der Waals surface area contributed by atoms with Crippen LogP contribution in [0, 0.1) is 5.82 Å². The lowest BCUT2D eigenvalue weighted by Crippen LogP contribution is -2.37. The predicted molar refractivity (Wildman–Crippen MR) is 117 cm³/mol. The monoisotopic (exact) mass is 460 g/mol. The molecule has 0 aliphatic rings. The van der Waals surface area contributed by atoms with Crippen LogP contribution in [0.15, 0.2) is 42.5 Å². The second-order valence-corrected chi connectivity index (χ2v) is 6.62. The first-order chi connectivity index (χ1) is 15.8. The molecule has 0 aliphatic heterocycles. The van der Waals surface area contributed by atoms with Gasteiger partial charge in [-0.1, -0.05) is 0 Å². The fourth-order valence-electron chi connectivity index (χ4n) is 2.67. The fourth-order valence-corrected chi connectivity index (χ4v) is 2.67. The Kier molecular flexibility index (Phi) is 9.81. The smallest absolute Gasteiger partial charge is 0.325 e. The molecule has 2 rings (SSSR count). The van der Waals surface area contributed by atoms with Gasteiger partial charge in [0.15, 0.2) is 23.9 Å². The van der Waals surface area contributed by atoms with Gasteiger partial charge in [-0.15, -0.1) is 0 Å². The standard InChI is InChI=1S/C23H25FN2O7/c1-3-31-19-11-9-17(13-20(19)32-4-2)25-23(30)26-21(28)14-33-22(29)12-10-18(27)15-5-7-16(24)8-6-15/h5-9,11,13H,3-4,10,12,14H2,1-2H3,(H2,25,26,28,30). The number of ketones is 1. The van der Waals surface area contributed by atoms with Crippen molar-refractivity contribution in [2.75, 3.05) is 25.1 Å². The van der Waals surface area contributed by atoms with Crippen molar-refractivity contribution in [3.05, 3.63) is 53.8 Å². The number of carbonyl (C=O) groups excluding carboxylic acids is 4. The minimum Gasteiger partial charge on any atom is -0.490 e. The highest BCUT2D eigenvalue weighted by Crippen LogP contribution is 2.30. The number of carbonyl (C=O) groups is 4. The number of hydrogen-bond acceptors (Lipinski definition) is 7. The van der Waals surface area contributed by atoms with Crippen LogP contribution in [0.5, 0.6) is 11.5 Å². The molecule has 0 radical (unpaired) electrons. The maximum atomic E-state index is 12.9. The number of benzene rings is 2. The van der Waals surface area contributed by atoms with Gasteiger partial charge in [0.2, 0.25) is 0 Å². The number of nitrogens with one attached hydrogen (secondary N) is 2. The molecule has 0 spiro atoms. The summed E-state index contributed by atoms with van der Waals surface area (Å²) in [5.41, 5.74) is 0.629. The van der Waals surface area contributed by atoms with Gasteiger partial charge < -0.3 is 19.5 Å². The largest absolute Gasteiger partial charge is 0.490 e. The molecule has 0 fully saturated rings. The summed E-state index contributed by atoms with van der Waals surface area (Å²) in [7, 11) is 0. The van der Waals surface area contributed by atoms with Crippen LogP contribution in [0.2, 0.25) is 0 Å². The molecule has 33 heavy (non-hydrogen) atoms. The molecule has 0 saturated carbocycles. The van der Waals surface area contributed by atoms with Crippen molar-refractivity contribution < 1.29 is 37.8 Å². The second kappa shape index (κ2) is 12.8. The molecule has 176 valence electrons. The summed E-state index contributed by atoms with van der Waals surface area (Å²) in [5, 5.41) is 4.50. The Bertz CT molecular complexity index is 993. The molecule has 0 unspecified atom stereocenters. The molecule has 0 saturated heterocycles. The molecule has 0 aromatic heterocycles. The summed E-state index contributed by atoms with van der Waals surface area (Å²) >= 11 is 0. The summed E-state index contributed by atoms with van der Waals surface area (Å²) in [6, 6.07) is 8.85. The Hall–Kier alpha value is -3.95. The van der Waals surface area contributed by atoms with E-state index in [4.69, 9.17) is 14.2 Å². The zero-order chi connectivity index (χ0) is 24.2. The number of esters is 1. The number of hydrogen-bond donors (Lipinski definition) is 2. The molecule has 0 bridgehead atoms. The van der Waals surface area contributed by atoms with Crippen molar-refractivity contribution in [2.24, 2.45) is 0 Å². The van der Waals surface area contributed by atoms with E-state index < -0.39 is 30.3 Å². The summed E-state index contributed by atoms with van der Waals surface area (Å²) in [6.45, 7) is 3.79. The van der Waals surface area contributed by atoms with Crippen LogP contribution in [-0.2, 0) is 14.3 Å². The molecule has 2 aromatic carbocycles. The van der Waals surface area contributed by atoms with Crippen LogP contribution in [-0.4, -0.2) is 43.5 Å². The van der Waals surface area contributed by atoms with Crippen LogP contribution in [0.25, 0.3) is 0 Å². The van der Waals surface area contributed by atoms with E-state index in [0.717, 1.165) is 12.1 Å². The maximum Gasteiger partial charge on any atom is 0.325 e. The van der Waals surface area contributed by atoms with Gasteiger partial charge in [0.05, 0.1) is 19.6 Å². The van der Waals surface area contributed by atoms with Crippen molar-refractivity contribution >= 4 is 29.4 Å². The molecule has 0 aliphatic carbocycles. The number of rotatable bonds is 11. The summed E-state index contributed by atoms with van der Waals surface area (Å²) in [5.74, 6) is -1.51. The van der Waals surface area contributed by atoms with E-state index in [9.17, 15) is 23.6 Å². The average Bonchev–Trinajstić information content (AvgIpc) is 2.78. The third-order valence-corrected chi connectivity index (χ3v) is 4.14. The third kappa shape index (κ3) is 8.60. The summed E-state index contributed by atoms with van der Waals surface area (Å²) in [6.07, 6.45) is -0.422. The molecular formula is C23H25FN2O7. The zero-order valence-electron chi connectivity index (χ0n) is 18.3. The normalized spacial score (nSPS) is 10.2. The van der Waals surface area contributed by atoms with Gasteiger partial charge in [0.1, 0.15) is 5.82 Å². The zero-order valence-corrected chi connectivity index (χ0v) is 18.3. The van der Waals surface area contributed by atoms with E-state index in [1.165, 1.54) is 12.1 Å². The fraction of sp³-hybridized carbons (Fsp3) is 0.304. The summed E-state index contributed by atoms with van der Waals surface area (Å²) in [4.78, 5) is 47.6. The lowest BCUT2D eigenvalue weighted by atomic mass is 10.1. The minimum absolute atomic E-state index is 0.160. The first-order valence-corrected chi connectivity index (χ1v) is 10.3. The van der Waals surface area contributed by atoms with Crippen LogP contribution in [0.4, 0.5) is 14.9 Å². The van der Waals surface area contributed by atoms with Crippen molar-refractivity contribution in [1.29, 1.82) is 0 Å². The quantitative estimate of drug-likeness (QED) is 0.389. The van der Waals surface area contributed by atoms with Gasteiger partial charge in [-0.3, -0.25) is 19.7 Å². The number of Topliss-reactive ketones (excluding diaryl/α,β-unsaturated/α-hetero) is 1. The average molecular weight is 460 g/mol. The van der Waals surface area contributed by atoms with Gasteiger partial charge in [0.25, 0.3) is 5.91 Å². The molecule has 0 atom stereocenters. The Balaban J connectivity index is 1.75. The van der Waals surface area contributed by atoms with Gasteiger partial charge in [-0.2, -0.15) is 0 Å². The maximum absolute atomic E-state index is 12.9. The molecule has 0 heterocycles. The number of ether oxygens (including phenoxy) is 3. The van der Waals surface area contributed by atoms with Gasteiger partial charge in [-0.05, 0) is 50.2 Å². The highest BCUT2D eigenvalue weighted by Gasteiger charge is 2.14. The second-order valence-electron chi connectivity index (χ2n) is 6.62. The van der Waals surface area contributed by atoms with Crippen molar-refractivity contribution in [1.82, 2.24) is 5.32 Å². The van der Waals surface area contributed by atoms with E-state index in [0.29, 0.717) is 30.4 Å². The number of urea groups is 1. The number of halogens is 1. The molecule has 3 amide bonds. The highest BCUT2D eigenvalue weighted by atomic mass is 19.1. The van der Waals surface area contributed by atoms with Gasteiger partial charge in [0, 0.05) is 23.7 Å². The predicted octanol–water partition coefficient (Wildman–Crippen LogP) is 3.48. The Morgan fingerprint density at radius 2 is 1.55 bits per heavy atom. The molecule has 10 heteroatoms. The molecular weight excluding hydrogens is 435 g/mol. The van der Waals surface area contributed by atoms with Crippen LogP contribution in [0.3, 0.4) is 0 Å². The van der Waals surface area contributed by atoms with Crippen molar-refractivity contribution in [2.45, 2.75) is 26.7 Å². The lowest BCUT2D eigenvalue weighted by Gasteiger charge is -2.13. The van der Waals surface area contributed by atoms with E-state index >= 15 is 0 Å². The first-order valence-electron chi connectivity index (χ1n) is 10.3. The number of imide groups is 1. The lowest BCUT2D eigenvalue weighted by molar-refractivity contribution is -0.148. The Morgan fingerprint density at radius 3 is 2.21 bits per heavy atom. The molecule has 2 aromatic rings. The topological polar surface area (TPSA) is 120 Å². The van der Waals surface area contributed by atoms with Crippen LogP contribution >= 0.6 is 0 Å². The SMILES string of the molecule is CCOc1ccc(NC(=O)NC(=O)COC(=O)CCC(=O)c2ccc(F)cc2)cc1OCC. The first kappa shape index (κ1) is 25.3. The Labute approximate surface area is 190 Å².